The fourth-order valence-electron chi connectivity index (χ4n) is 1.03. The van der Waals surface area contributed by atoms with Gasteiger partial charge in [-0.15, -0.1) is 0 Å². The van der Waals surface area contributed by atoms with E-state index in [2.05, 4.69) is 0 Å². The number of benzene rings is 1. The zero-order chi connectivity index (χ0) is 9.68. The second-order valence-corrected chi connectivity index (χ2v) is 2.63. The van der Waals surface area contributed by atoms with Crippen LogP contribution in [0.3, 0.4) is 0 Å². The van der Waals surface area contributed by atoms with E-state index in [1.54, 1.807) is 13.2 Å². The minimum atomic E-state index is 0.519. The molecule has 1 aromatic rings. The van der Waals surface area contributed by atoms with Crippen LogP contribution >= 0.6 is 0 Å². The lowest BCUT2D eigenvalue weighted by Gasteiger charge is -2.03. The number of anilines is 1. The highest BCUT2D eigenvalue weighted by Crippen LogP contribution is 2.20. The number of hydrogen-bond acceptors (Lipinski definition) is 3. The summed E-state index contributed by atoms with van der Waals surface area (Å²) in [6.45, 7) is 0.519. The van der Waals surface area contributed by atoms with Crippen molar-refractivity contribution in [3.8, 4) is 5.75 Å². The zero-order valence-corrected chi connectivity index (χ0v) is 7.66. The molecule has 0 aliphatic rings. The summed E-state index contributed by atoms with van der Waals surface area (Å²) in [6, 6.07) is 5.56. The minimum absolute atomic E-state index is 0.519. The van der Waals surface area contributed by atoms with Crippen LogP contribution in [-0.2, 0) is 0 Å². The van der Waals surface area contributed by atoms with Gasteiger partial charge in [-0.3, -0.25) is 0 Å². The average molecular weight is 178 g/mol. The normalized spacial score (nSPS) is 10.6. The Morgan fingerprint density at radius 1 is 1.46 bits per heavy atom. The second-order valence-electron chi connectivity index (χ2n) is 2.63. The molecule has 0 fully saturated rings. The third-order valence-corrected chi connectivity index (χ3v) is 1.73. The lowest BCUT2D eigenvalue weighted by Crippen LogP contribution is -1.94. The van der Waals surface area contributed by atoms with Crippen molar-refractivity contribution in [3.63, 3.8) is 0 Å². The van der Waals surface area contributed by atoms with E-state index in [1.165, 1.54) is 0 Å². The molecule has 1 aromatic carbocycles. The van der Waals surface area contributed by atoms with Crippen molar-refractivity contribution in [1.82, 2.24) is 0 Å². The first-order chi connectivity index (χ1) is 6.27. The minimum Gasteiger partial charge on any atom is -0.497 e. The molecule has 0 unspecified atom stereocenters. The highest BCUT2D eigenvalue weighted by Gasteiger charge is 1.96. The summed E-state index contributed by atoms with van der Waals surface area (Å²) in [5.74, 6) is 0.766. The molecule has 0 aliphatic heterocycles. The van der Waals surface area contributed by atoms with Gasteiger partial charge >= 0.3 is 0 Å². The Labute approximate surface area is 78.0 Å². The molecule has 0 heterocycles. The molecule has 1 rings (SSSR count). The first-order valence-corrected chi connectivity index (χ1v) is 4.08. The van der Waals surface area contributed by atoms with Crippen molar-refractivity contribution in [1.29, 1.82) is 0 Å². The molecule has 0 aromatic heterocycles. The van der Waals surface area contributed by atoms with Gasteiger partial charge in [0.05, 0.1) is 7.11 Å². The van der Waals surface area contributed by atoms with Crippen LogP contribution in [0.15, 0.2) is 24.3 Å². The fraction of sp³-hybridized carbons (Fsp3) is 0.200. The van der Waals surface area contributed by atoms with Gasteiger partial charge in [0.1, 0.15) is 5.75 Å². The number of nitrogen functional groups attached to an aromatic ring is 1. The van der Waals surface area contributed by atoms with Gasteiger partial charge in [-0.25, -0.2) is 0 Å². The number of nitrogens with two attached hydrogens (primary N) is 2. The highest BCUT2D eigenvalue weighted by atomic mass is 16.5. The Morgan fingerprint density at radius 3 is 2.77 bits per heavy atom. The van der Waals surface area contributed by atoms with E-state index in [9.17, 15) is 0 Å². The van der Waals surface area contributed by atoms with Gasteiger partial charge in [-0.1, -0.05) is 12.2 Å². The van der Waals surface area contributed by atoms with Gasteiger partial charge in [-0.05, 0) is 17.7 Å². The Balaban J connectivity index is 2.91. The van der Waals surface area contributed by atoms with E-state index in [0.29, 0.717) is 12.2 Å². The average Bonchev–Trinajstić information content (AvgIpc) is 2.16. The Hall–Kier alpha value is -1.48. The lowest BCUT2D eigenvalue weighted by molar-refractivity contribution is 0.415. The molecular weight excluding hydrogens is 164 g/mol. The summed E-state index contributed by atoms with van der Waals surface area (Å²) in [4.78, 5) is 0. The molecule has 3 nitrogen and oxygen atoms in total. The number of rotatable bonds is 3. The maximum atomic E-state index is 5.77. The molecular formula is C10H14N2O. The van der Waals surface area contributed by atoms with E-state index < -0.39 is 0 Å². The summed E-state index contributed by atoms with van der Waals surface area (Å²) >= 11 is 0. The van der Waals surface area contributed by atoms with Crippen molar-refractivity contribution in [2.45, 2.75) is 0 Å². The van der Waals surface area contributed by atoms with Crippen LogP contribution in [0.5, 0.6) is 5.75 Å². The maximum absolute atomic E-state index is 5.77. The molecule has 0 aliphatic carbocycles. The summed E-state index contributed by atoms with van der Waals surface area (Å²) in [5.41, 5.74) is 12.8. The summed E-state index contributed by atoms with van der Waals surface area (Å²) in [7, 11) is 1.62. The number of hydrogen-bond donors (Lipinski definition) is 2. The van der Waals surface area contributed by atoms with E-state index in [4.69, 9.17) is 16.2 Å². The van der Waals surface area contributed by atoms with Crippen molar-refractivity contribution >= 4 is 11.8 Å². The van der Waals surface area contributed by atoms with E-state index in [1.807, 2.05) is 24.3 Å². The molecule has 70 valence electrons. The maximum Gasteiger partial charge on any atom is 0.120 e. The molecule has 0 saturated carbocycles. The standard InChI is InChI=1S/C10H14N2O/c1-13-9-5-4-8(3-2-6-11)10(12)7-9/h2-5,7H,6,11-12H2,1H3. The third-order valence-electron chi connectivity index (χ3n) is 1.73. The van der Waals surface area contributed by atoms with Crippen molar-refractivity contribution in [3.05, 3.63) is 29.8 Å². The van der Waals surface area contributed by atoms with Crippen LogP contribution in [0.1, 0.15) is 5.56 Å². The van der Waals surface area contributed by atoms with Crippen LogP contribution in [0, 0.1) is 0 Å². The zero-order valence-electron chi connectivity index (χ0n) is 7.66. The van der Waals surface area contributed by atoms with Crippen LogP contribution < -0.4 is 16.2 Å². The SMILES string of the molecule is COc1ccc(C=CCN)c(N)c1. The summed E-state index contributed by atoms with van der Waals surface area (Å²) < 4.78 is 5.03. The number of methoxy groups -OCH3 is 1. The van der Waals surface area contributed by atoms with E-state index in [-0.39, 0.29) is 0 Å². The first kappa shape index (κ1) is 9.61. The van der Waals surface area contributed by atoms with Crippen molar-refractivity contribution in [2.24, 2.45) is 5.73 Å². The molecule has 0 radical (unpaired) electrons. The molecule has 0 atom stereocenters. The largest absolute Gasteiger partial charge is 0.497 e. The molecule has 0 saturated heterocycles. The number of ether oxygens (including phenoxy) is 1. The van der Waals surface area contributed by atoms with Gasteiger partial charge in [0.15, 0.2) is 0 Å². The van der Waals surface area contributed by atoms with E-state index in [0.717, 1.165) is 11.3 Å². The smallest absolute Gasteiger partial charge is 0.120 e. The monoisotopic (exact) mass is 178 g/mol. The first-order valence-electron chi connectivity index (χ1n) is 4.08. The van der Waals surface area contributed by atoms with E-state index >= 15 is 0 Å². The fourth-order valence-corrected chi connectivity index (χ4v) is 1.03. The summed E-state index contributed by atoms with van der Waals surface area (Å²) in [6.07, 6.45) is 3.76. The Morgan fingerprint density at radius 2 is 2.23 bits per heavy atom. The van der Waals surface area contributed by atoms with Crippen LogP contribution in [0.25, 0.3) is 6.08 Å². The van der Waals surface area contributed by atoms with Crippen LogP contribution in [-0.4, -0.2) is 13.7 Å². The predicted octanol–water partition coefficient (Wildman–Crippen LogP) is 1.25. The van der Waals surface area contributed by atoms with Gasteiger partial charge < -0.3 is 16.2 Å². The molecule has 4 N–H and O–H groups in total. The van der Waals surface area contributed by atoms with Gasteiger partial charge in [-0.2, -0.15) is 0 Å². The Kier molecular flexibility index (Phi) is 3.34. The topological polar surface area (TPSA) is 61.3 Å². The van der Waals surface area contributed by atoms with Gasteiger partial charge in [0.2, 0.25) is 0 Å². The third kappa shape index (κ3) is 2.49. The van der Waals surface area contributed by atoms with Gasteiger partial charge in [0.25, 0.3) is 0 Å². The molecule has 0 bridgehead atoms. The molecule has 3 heteroatoms. The molecule has 13 heavy (non-hydrogen) atoms. The van der Waals surface area contributed by atoms with Crippen LogP contribution in [0.2, 0.25) is 0 Å². The van der Waals surface area contributed by atoms with Crippen molar-refractivity contribution < 1.29 is 4.74 Å². The molecule has 0 spiro atoms. The second kappa shape index (κ2) is 4.52. The predicted molar refractivity (Wildman–Crippen MR) is 55.5 cm³/mol. The summed E-state index contributed by atoms with van der Waals surface area (Å²) in [5, 5.41) is 0. The van der Waals surface area contributed by atoms with Gasteiger partial charge in [0, 0.05) is 18.3 Å². The molecule has 0 amide bonds. The quantitative estimate of drug-likeness (QED) is 0.685. The Bertz CT molecular complexity index is 308. The highest BCUT2D eigenvalue weighted by molar-refractivity contribution is 5.66. The van der Waals surface area contributed by atoms with Crippen LogP contribution in [0.4, 0.5) is 5.69 Å². The van der Waals surface area contributed by atoms with Crippen molar-refractivity contribution in [2.75, 3.05) is 19.4 Å². The lowest BCUT2D eigenvalue weighted by atomic mass is 10.1.